The van der Waals surface area contributed by atoms with Gasteiger partial charge in [-0.15, -0.1) is 22.7 Å². The van der Waals surface area contributed by atoms with E-state index in [0.717, 1.165) is 0 Å². The van der Waals surface area contributed by atoms with Crippen molar-refractivity contribution in [1.82, 2.24) is 0 Å². The molecule has 0 aliphatic rings. The van der Waals surface area contributed by atoms with E-state index in [1.54, 1.807) is 0 Å². The summed E-state index contributed by atoms with van der Waals surface area (Å²) in [7, 11) is 0. The molecule has 3 aromatic carbocycles. The number of fused-ring (bicyclic) bond motifs is 2. The molecule has 0 saturated carbocycles. The summed E-state index contributed by atoms with van der Waals surface area (Å²) in [5, 5.41) is 6.56. The third kappa shape index (κ3) is 4.56. The highest BCUT2D eigenvalue weighted by atomic mass is 32.1. The lowest BCUT2D eigenvalue weighted by molar-refractivity contribution is -0.0690. The second-order valence-corrected chi connectivity index (χ2v) is 11.3. The molecule has 5 aromatic rings. The molecule has 0 bridgehead atoms. The highest BCUT2D eigenvalue weighted by Gasteiger charge is 2.38. The molecule has 2 aromatic heterocycles. The Bertz CT molecular complexity index is 2250. The first kappa shape index (κ1) is 32.3. The lowest BCUT2D eigenvalue weighted by Gasteiger charge is -2.08. The average Bonchev–Trinajstić information content (AvgIpc) is 3.63. The summed E-state index contributed by atoms with van der Waals surface area (Å²) in [6, 6.07) is 2.65. The standard InChI is InChI=1S/C29H5F12N3S2/c1-7-17(30)19(32)15(20(33)18(7)31)11-4-8-13(10(6-42)43-2)26-9(14(27(8)46-11)28(44-3)29(39,40)41)5-12(45-26)16-21(34)23(36)25(38)24(37)22(16)35/h4-5H,1H3/b13-10-,28-14+. The summed E-state index contributed by atoms with van der Waals surface area (Å²) in [6.07, 6.45) is -5.50. The van der Waals surface area contributed by atoms with Gasteiger partial charge in [0.2, 0.25) is 5.82 Å². The fraction of sp³-hybridized carbons (Fsp3) is 0.0690. The van der Waals surface area contributed by atoms with Crippen molar-refractivity contribution in [2.24, 2.45) is 0 Å². The normalized spacial score (nSPS) is 13.1. The minimum atomic E-state index is -5.50. The largest absolute Gasteiger partial charge is 0.420 e. The molecule has 46 heavy (non-hydrogen) atoms. The van der Waals surface area contributed by atoms with E-state index in [4.69, 9.17) is 13.1 Å². The molecular weight excluding hydrogens is 682 g/mol. The number of hydrogen-bond donors (Lipinski definition) is 0. The number of alkyl halides is 3. The minimum absolute atomic E-state index is 0.0578. The molecule has 0 saturated heterocycles. The Balaban J connectivity index is 2.14. The number of nitrogens with zero attached hydrogens (tertiary/aromatic N) is 3. The molecule has 0 aliphatic carbocycles. The van der Waals surface area contributed by atoms with Crippen LogP contribution in [0.25, 0.3) is 62.1 Å². The van der Waals surface area contributed by atoms with Gasteiger partial charge in [-0.2, -0.15) is 13.2 Å². The Morgan fingerprint density at radius 2 is 1.04 bits per heavy atom. The van der Waals surface area contributed by atoms with E-state index in [9.17, 15) is 57.9 Å². The molecule has 0 N–H and O–H groups in total. The second-order valence-electron chi connectivity index (χ2n) is 9.19. The molecule has 0 aliphatic heterocycles. The summed E-state index contributed by atoms with van der Waals surface area (Å²) in [6.45, 7) is 15.4. The van der Waals surface area contributed by atoms with Crippen molar-refractivity contribution in [3.8, 4) is 27.0 Å². The van der Waals surface area contributed by atoms with Gasteiger partial charge in [0.1, 0.15) is 0 Å². The van der Waals surface area contributed by atoms with Crippen molar-refractivity contribution in [3.05, 3.63) is 103 Å². The fourth-order valence-electron chi connectivity index (χ4n) is 4.66. The van der Waals surface area contributed by atoms with Crippen molar-refractivity contribution in [2.75, 3.05) is 0 Å². The van der Waals surface area contributed by atoms with Gasteiger partial charge in [-0.1, -0.05) is 0 Å². The lowest BCUT2D eigenvalue weighted by Crippen LogP contribution is -2.21. The van der Waals surface area contributed by atoms with E-state index in [1.807, 2.05) is 0 Å². The first-order valence-corrected chi connectivity index (χ1v) is 13.5. The fourth-order valence-corrected chi connectivity index (χ4v) is 7.18. The van der Waals surface area contributed by atoms with Crippen LogP contribution >= 0.6 is 22.7 Å². The lowest BCUT2D eigenvalue weighted by atomic mass is 10.0. The van der Waals surface area contributed by atoms with Crippen molar-refractivity contribution in [3.63, 3.8) is 0 Å². The molecule has 0 atom stereocenters. The molecule has 2 heterocycles. The van der Waals surface area contributed by atoms with Crippen molar-refractivity contribution in [1.29, 1.82) is 5.26 Å². The van der Waals surface area contributed by atoms with Crippen molar-refractivity contribution < 1.29 is 52.7 Å². The molecule has 0 spiro atoms. The predicted octanol–water partition coefficient (Wildman–Crippen LogP) is 9.15. The van der Waals surface area contributed by atoms with Crippen LogP contribution in [-0.4, -0.2) is 6.18 Å². The van der Waals surface area contributed by atoms with Crippen LogP contribution in [0, 0.1) is 83.8 Å². The molecule has 0 unspecified atom stereocenters. The van der Waals surface area contributed by atoms with Gasteiger partial charge in [0.15, 0.2) is 46.5 Å². The maximum absolute atomic E-state index is 15.0. The van der Waals surface area contributed by atoms with Crippen LogP contribution in [0.5, 0.6) is 0 Å². The zero-order chi connectivity index (χ0) is 34.2. The molecule has 17 heteroatoms. The van der Waals surface area contributed by atoms with Crippen LogP contribution in [0.1, 0.15) is 5.56 Å². The third-order valence-corrected chi connectivity index (χ3v) is 9.05. The molecule has 5 rings (SSSR count). The summed E-state index contributed by atoms with van der Waals surface area (Å²) < 4.78 is 172. The average molecular weight is 687 g/mol. The number of hydrogen-bond acceptors (Lipinski definition) is 3. The Morgan fingerprint density at radius 3 is 1.43 bits per heavy atom. The monoisotopic (exact) mass is 687 g/mol. The smallest absolute Gasteiger partial charge is 0.232 e. The number of rotatable bonds is 2. The van der Waals surface area contributed by atoms with Crippen LogP contribution in [-0.2, 0) is 0 Å². The first-order chi connectivity index (χ1) is 21.5. The van der Waals surface area contributed by atoms with E-state index in [0.29, 0.717) is 19.1 Å². The van der Waals surface area contributed by atoms with Crippen LogP contribution in [0.4, 0.5) is 52.7 Å². The van der Waals surface area contributed by atoms with Crippen LogP contribution < -0.4 is 10.4 Å². The van der Waals surface area contributed by atoms with Crippen LogP contribution in [0.3, 0.4) is 0 Å². The van der Waals surface area contributed by atoms with Crippen LogP contribution in [0.15, 0.2) is 12.1 Å². The summed E-state index contributed by atoms with van der Waals surface area (Å²) in [4.78, 5) is 3.84. The van der Waals surface area contributed by atoms with E-state index in [2.05, 4.69) is 9.69 Å². The molecule has 3 nitrogen and oxygen atoms in total. The number of halogens is 12. The molecule has 0 amide bonds. The number of benzene rings is 3. The van der Waals surface area contributed by atoms with E-state index < -0.39 is 127 Å². The van der Waals surface area contributed by atoms with E-state index >= 15 is 0 Å². The Hall–Kier alpha value is -5.05. The molecular formula is C29H5F12N3S2. The van der Waals surface area contributed by atoms with Gasteiger partial charge in [0, 0.05) is 35.2 Å². The van der Waals surface area contributed by atoms with Gasteiger partial charge in [-0.05, 0) is 29.8 Å². The highest BCUT2D eigenvalue weighted by Crippen LogP contribution is 2.42. The zero-order valence-corrected chi connectivity index (χ0v) is 23.5. The van der Waals surface area contributed by atoms with Crippen LogP contribution in [0.2, 0.25) is 0 Å². The van der Waals surface area contributed by atoms with E-state index in [-0.39, 0.29) is 22.7 Å². The maximum atomic E-state index is 15.0. The Labute approximate surface area is 255 Å². The van der Waals surface area contributed by atoms with Crippen molar-refractivity contribution >= 4 is 54.2 Å². The molecule has 232 valence electrons. The number of nitriles is 1. The third-order valence-electron chi connectivity index (χ3n) is 6.71. The van der Waals surface area contributed by atoms with Crippen molar-refractivity contribution in [2.45, 2.75) is 13.1 Å². The SMILES string of the molecule is [C-]#[N+]/C(C#N)=c1/c2cc(-c3c(F)c(F)c(C)c(F)c3F)sc2/c(=C(/[N+]#[C-])C(F)(F)F)c2cc(-c3c(F)c(F)c(F)c(F)c3F)sc12. The topological polar surface area (TPSA) is 32.5 Å². The maximum Gasteiger partial charge on any atom is 0.420 e. The van der Waals surface area contributed by atoms with Gasteiger partial charge in [-0.25, -0.2) is 54.5 Å². The van der Waals surface area contributed by atoms with Gasteiger partial charge >= 0.3 is 6.18 Å². The van der Waals surface area contributed by atoms with Gasteiger partial charge in [0.05, 0.1) is 30.3 Å². The minimum Gasteiger partial charge on any atom is -0.232 e. The summed E-state index contributed by atoms with van der Waals surface area (Å²) >= 11 is 0.133. The van der Waals surface area contributed by atoms with Gasteiger partial charge in [-0.3, -0.25) is 0 Å². The van der Waals surface area contributed by atoms with Gasteiger partial charge < -0.3 is 0 Å². The molecule has 0 radical (unpaired) electrons. The van der Waals surface area contributed by atoms with E-state index in [1.165, 1.54) is 6.07 Å². The highest BCUT2D eigenvalue weighted by molar-refractivity contribution is 7.23. The molecule has 0 fully saturated rings. The number of thiophene rings is 2. The quantitative estimate of drug-likeness (QED) is 0.0789. The zero-order valence-electron chi connectivity index (χ0n) is 21.8. The Morgan fingerprint density at radius 1 is 0.652 bits per heavy atom. The van der Waals surface area contributed by atoms with Gasteiger partial charge in [0.25, 0.3) is 11.4 Å². The summed E-state index contributed by atoms with van der Waals surface area (Å²) in [5.74, 6) is -19.6. The Kier molecular flexibility index (Phi) is 7.79. The second kappa shape index (κ2) is 11.1. The predicted molar refractivity (Wildman–Crippen MR) is 143 cm³/mol. The summed E-state index contributed by atoms with van der Waals surface area (Å²) in [5.41, 5.74) is -6.97. The first-order valence-electron chi connectivity index (χ1n) is 11.9.